The van der Waals surface area contributed by atoms with Crippen molar-refractivity contribution in [1.29, 1.82) is 0 Å². The number of amides is 2. The molecule has 0 bridgehead atoms. The zero-order valence-electron chi connectivity index (χ0n) is 13.2. The van der Waals surface area contributed by atoms with Crippen LogP contribution in [-0.2, 0) is 6.54 Å². The van der Waals surface area contributed by atoms with E-state index in [0.717, 1.165) is 37.0 Å². The Hall–Kier alpha value is -1.75. The largest absolute Gasteiger partial charge is 0.494 e. The summed E-state index contributed by atoms with van der Waals surface area (Å²) < 4.78 is 5.55. The van der Waals surface area contributed by atoms with E-state index in [1.54, 1.807) is 0 Å². The molecular formula is C17H26N2O3. The van der Waals surface area contributed by atoms with Gasteiger partial charge in [-0.1, -0.05) is 31.0 Å². The van der Waals surface area contributed by atoms with Crippen molar-refractivity contribution in [1.82, 2.24) is 10.6 Å². The Bertz CT molecular complexity index is 479. The summed E-state index contributed by atoms with van der Waals surface area (Å²) in [5.41, 5.74) is 0.960. The lowest BCUT2D eigenvalue weighted by atomic mass is 9.85. The highest BCUT2D eigenvalue weighted by atomic mass is 16.5. The van der Waals surface area contributed by atoms with E-state index in [2.05, 4.69) is 10.6 Å². The molecule has 5 heteroatoms. The third-order valence-corrected chi connectivity index (χ3v) is 4.17. The molecule has 1 fully saturated rings. The predicted molar refractivity (Wildman–Crippen MR) is 85.8 cm³/mol. The van der Waals surface area contributed by atoms with Crippen LogP contribution in [0.25, 0.3) is 0 Å². The summed E-state index contributed by atoms with van der Waals surface area (Å²) in [6.07, 6.45) is 4.16. The average Bonchev–Trinajstić information content (AvgIpc) is 2.55. The molecule has 122 valence electrons. The number of aliphatic hydroxyl groups is 1. The first-order valence-corrected chi connectivity index (χ1v) is 8.10. The molecule has 1 aromatic carbocycles. The molecule has 1 saturated carbocycles. The Labute approximate surface area is 132 Å². The molecule has 2 rings (SSSR count). The molecule has 5 nitrogen and oxygen atoms in total. The van der Waals surface area contributed by atoms with E-state index in [1.165, 1.54) is 0 Å². The zero-order valence-corrected chi connectivity index (χ0v) is 13.2. The van der Waals surface area contributed by atoms with Gasteiger partial charge in [-0.3, -0.25) is 0 Å². The maximum Gasteiger partial charge on any atom is 0.315 e. The minimum Gasteiger partial charge on any atom is -0.494 e. The lowest BCUT2D eigenvalue weighted by molar-refractivity contribution is 0.153. The van der Waals surface area contributed by atoms with Crippen LogP contribution < -0.4 is 15.4 Å². The van der Waals surface area contributed by atoms with E-state index < -0.39 is 0 Å². The maximum absolute atomic E-state index is 12.1. The second-order valence-electron chi connectivity index (χ2n) is 5.70. The Kier molecular flexibility index (Phi) is 6.52. The van der Waals surface area contributed by atoms with Gasteiger partial charge in [-0.15, -0.1) is 0 Å². The molecule has 1 aromatic rings. The lowest BCUT2D eigenvalue weighted by Gasteiger charge is -2.30. The van der Waals surface area contributed by atoms with Crippen LogP contribution in [0.1, 0.15) is 38.2 Å². The van der Waals surface area contributed by atoms with Gasteiger partial charge in [0.1, 0.15) is 5.75 Å². The fourth-order valence-electron chi connectivity index (χ4n) is 2.96. The third kappa shape index (κ3) is 4.63. The number of nitrogens with one attached hydrogen (secondary N) is 2. The highest BCUT2D eigenvalue weighted by Gasteiger charge is 2.25. The normalized spacial score (nSPS) is 21.2. The van der Waals surface area contributed by atoms with Gasteiger partial charge in [-0.05, 0) is 25.8 Å². The van der Waals surface area contributed by atoms with E-state index >= 15 is 0 Å². The van der Waals surface area contributed by atoms with Gasteiger partial charge in [-0.25, -0.2) is 4.79 Å². The van der Waals surface area contributed by atoms with E-state index in [1.807, 2.05) is 31.2 Å². The molecule has 0 radical (unpaired) electrons. The summed E-state index contributed by atoms with van der Waals surface area (Å²) in [6, 6.07) is 7.59. The number of benzene rings is 1. The van der Waals surface area contributed by atoms with Gasteiger partial charge in [0, 0.05) is 30.7 Å². The summed E-state index contributed by atoms with van der Waals surface area (Å²) >= 11 is 0. The van der Waals surface area contributed by atoms with Crippen LogP contribution in [0.15, 0.2) is 24.3 Å². The van der Waals surface area contributed by atoms with Gasteiger partial charge in [0.05, 0.1) is 6.61 Å². The van der Waals surface area contributed by atoms with Crippen molar-refractivity contribution < 1.29 is 14.6 Å². The summed E-state index contributed by atoms with van der Waals surface area (Å²) in [4.78, 5) is 12.1. The SMILES string of the molecule is CCOc1ccccc1CNC(=O)NC1CCCCC1CO. The molecule has 0 saturated heterocycles. The fraction of sp³-hybridized carbons (Fsp3) is 0.588. The molecule has 1 aliphatic rings. The number of rotatable bonds is 6. The Morgan fingerprint density at radius 1 is 1.32 bits per heavy atom. The van der Waals surface area contributed by atoms with Crippen LogP contribution in [0.4, 0.5) is 4.79 Å². The monoisotopic (exact) mass is 306 g/mol. The molecule has 3 N–H and O–H groups in total. The Morgan fingerprint density at radius 2 is 2.09 bits per heavy atom. The number of carbonyl (C=O) groups is 1. The maximum atomic E-state index is 12.1. The van der Waals surface area contributed by atoms with Crippen molar-refractivity contribution in [2.75, 3.05) is 13.2 Å². The smallest absolute Gasteiger partial charge is 0.315 e. The fourth-order valence-corrected chi connectivity index (χ4v) is 2.96. The molecule has 0 heterocycles. The van der Waals surface area contributed by atoms with Crippen LogP contribution >= 0.6 is 0 Å². The predicted octanol–water partition coefficient (Wildman–Crippen LogP) is 2.44. The van der Waals surface area contributed by atoms with Crippen LogP contribution in [-0.4, -0.2) is 30.4 Å². The van der Waals surface area contributed by atoms with Crippen LogP contribution in [0.3, 0.4) is 0 Å². The molecule has 0 spiro atoms. The first-order valence-electron chi connectivity index (χ1n) is 8.10. The molecule has 2 amide bonds. The topological polar surface area (TPSA) is 70.6 Å². The summed E-state index contributed by atoms with van der Waals surface area (Å²) in [5, 5.41) is 15.3. The van der Waals surface area contributed by atoms with E-state index in [-0.39, 0.29) is 24.6 Å². The van der Waals surface area contributed by atoms with Crippen molar-refractivity contribution in [2.45, 2.75) is 45.2 Å². The number of aliphatic hydroxyl groups excluding tert-OH is 1. The number of carbonyl (C=O) groups excluding carboxylic acids is 1. The quantitative estimate of drug-likeness (QED) is 0.756. The lowest BCUT2D eigenvalue weighted by Crippen LogP contribution is -2.47. The highest BCUT2D eigenvalue weighted by molar-refractivity contribution is 5.74. The molecule has 1 aliphatic carbocycles. The van der Waals surface area contributed by atoms with Crippen molar-refractivity contribution in [3.05, 3.63) is 29.8 Å². The summed E-state index contributed by atoms with van der Waals surface area (Å²) in [6.45, 7) is 3.11. The van der Waals surface area contributed by atoms with Crippen molar-refractivity contribution in [3.63, 3.8) is 0 Å². The molecule has 0 aliphatic heterocycles. The molecule has 22 heavy (non-hydrogen) atoms. The zero-order chi connectivity index (χ0) is 15.8. The Balaban J connectivity index is 1.85. The van der Waals surface area contributed by atoms with Gasteiger partial charge in [0.15, 0.2) is 0 Å². The Morgan fingerprint density at radius 3 is 2.86 bits per heavy atom. The summed E-state index contributed by atoms with van der Waals surface area (Å²) in [5.74, 6) is 0.978. The minimum absolute atomic E-state index is 0.0703. The van der Waals surface area contributed by atoms with Gasteiger partial charge in [-0.2, -0.15) is 0 Å². The average molecular weight is 306 g/mol. The molecule has 2 unspecified atom stereocenters. The number of urea groups is 1. The van der Waals surface area contributed by atoms with Gasteiger partial charge >= 0.3 is 6.03 Å². The van der Waals surface area contributed by atoms with Crippen molar-refractivity contribution in [3.8, 4) is 5.75 Å². The first kappa shape index (κ1) is 16.6. The molecule has 0 aromatic heterocycles. The standard InChI is InChI=1S/C17H26N2O3/c1-2-22-16-10-6-4-7-13(16)11-18-17(21)19-15-9-5-3-8-14(15)12-20/h4,6-7,10,14-15,20H,2-3,5,8-9,11-12H2,1H3,(H2,18,19,21). The van der Waals surface area contributed by atoms with E-state index in [9.17, 15) is 9.90 Å². The number of para-hydroxylation sites is 1. The van der Waals surface area contributed by atoms with E-state index in [0.29, 0.717) is 13.2 Å². The molecular weight excluding hydrogens is 280 g/mol. The van der Waals surface area contributed by atoms with Crippen molar-refractivity contribution >= 4 is 6.03 Å². The van der Waals surface area contributed by atoms with Crippen LogP contribution in [0.2, 0.25) is 0 Å². The number of hydrogen-bond donors (Lipinski definition) is 3. The van der Waals surface area contributed by atoms with Crippen LogP contribution in [0, 0.1) is 5.92 Å². The third-order valence-electron chi connectivity index (χ3n) is 4.17. The second-order valence-corrected chi connectivity index (χ2v) is 5.70. The van der Waals surface area contributed by atoms with Crippen molar-refractivity contribution in [2.24, 2.45) is 5.92 Å². The number of hydrogen-bond acceptors (Lipinski definition) is 3. The van der Waals surface area contributed by atoms with Gasteiger partial charge < -0.3 is 20.5 Å². The second kappa shape index (κ2) is 8.63. The van der Waals surface area contributed by atoms with Crippen LogP contribution in [0.5, 0.6) is 5.75 Å². The minimum atomic E-state index is -0.184. The molecule has 2 atom stereocenters. The van der Waals surface area contributed by atoms with Gasteiger partial charge in [0.25, 0.3) is 0 Å². The van der Waals surface area contributed by atoms with E-state index in [4.69, 9.17) is 4.74 Å². The number of ether oxygens (including phenoxy) is 1. The summed E-state index contributed by atoms with van der Waals surface area (Å²) in [7, 11) is 0. The highest BCUT2D eigenvalue weighted by Crippen LogP contribution is 2.24. The first-order chi connectivity index (χ1) is 10.7. The van der Waals surface area contributed by atoms with Gasteiger partial charge in [0.2, 0.25) is 0 Å².